The minimum atomic E-state index is 0.453. The van der Waals surface area contributed by atoms with Gasteiger partial charge in [0, 0.05) is 48.1 Å². The van der Waals surface area contributed by atoms with E-state index in [4.69, 9.17) is 18.3 Å². The van der Waals surface area contributed by atoms with E-state index in [9.17, 15) is 0 Å². The summed E-state index contributed by atoms with van der Waals surface area (Å²) in [4.78, 5) is 16.8. The highest BCUT2D eigenvalue weighted by atomic mass is 79.9. The SMILES string of the molecule is CCOCc1ccc(C)c(Nc2ncc(-c3ccnc(Br)c3)o2)c1.CCOCc1ccc(C)c(Nc2ncc(-c3ccnc(Br)c3)o2)c1. The number of hydrogen-bond donors (Lipinski definition) is 2. The lowest BCUT2D eigenvalue weighted by Gasteiger charge is -2.09. The van der Waals surface area contributed by atoms with Gasteiger partial charge in [-0.25, -0.2) is 19.9 Å². The normalized spacial score (nSPS) is 10.8. The molecule has 0 radical (unpaired) electrons. The smallest absolute Gasteiger partial charge is 0.299 e. The molecule has 0 spiro atoms. The van der Waals surface area contributed by atoms with Crippen LogP contribution in [0.5, 0.6) is 0 Å². The van der Waals surface area contributed by atoms with Crippen molar-refractivity contribution in [2.45, 2.75) is 40.9 Å². The summed E-state index contributed by atoms with van der Waals surface area (Å²) in [6.45, 7) is 10.6. The summed E-state index contributed by atoms with van der Waals surface area (Å²) in [7, 11) is 0. The molecule has 2 N–H and O–H groups in total. The van der Waals surface area contributed by atoms with Crippen LogP contribution >= 0.6 is 31.9 Å². The lowest BCUT2D eigenvalue weighted by atomic mass is 10.1. The molecule has 4 aromatic heterocycles. The van der Waals surface area contributed by atoms with Gasteiger partial charge in [-0.15, -0.1) is 0 Å². The molecular weight excluding hydrogens is 740 g/mol. The Balaban J connectivity index is 0.000000188. The molecule has 0 atom stereocenters. The molecule has 0 fully saturated rings. The zero-order chi connectivity index (χ0) is 33.9. The van der Waals surface area contributed by atoms with E-state index in [1.54, 1.807) is 24.8 Å². The average Bonchev–Trinajstić information content (AvgIpc) is 3.76. The van der Waals surface area contributed by atoms with Crippen LogP contribution in [0.2, 0.25) is 0 Å². The third kappa shape index (κ3) is 9.83. The maximum atomic E-state index is 5.80. The lowest BCUT2D eigenvalue weighted by molar-refractivity contribution is 0.134. The fraction of sp³-hybridized carbons (Fsp3) is 0.222. The number of pyridine rings is 2. The minimum Gasteiger partial charge on any atom is -0.423 e. The number of rotatable bonds is 12. The number of hydrogen-bond acceptors (Lipinski definition) is 10. The number of anilines is 4. The molecule has 10 nitrogen and oxygen atoms in total. The van der Waals surface area contributed by atoms with Crippen LogP contribution in [0.3, 0.4) is 0 Å². The molecule has 48 heavy (non-hydrogen) atoms. The van der Waals surface area contributed by atoms with E-state index >= 15 is 0 Å². The van der Waals surface area contributed by atoms with Gasteiger partial charge < -0.3 is 28.9 Å². The van der Waals surface area contributed by atoms with Gasteiger partial charge in [0.25, 0.3) is 12.0 Å². The van der Waals surface area contributed by atoms with Gasteiger partial charge in [0.2, 0.25) is 0 Å². The van der Waals surface area contributed by atoms with Gasteiger partial charge in [0.1, 0.15) is 9.21 Å². The molecule has 4 heterocycles. The van der Waals surface area contributed by atoms with Crippen LogP contribution in [0.25, 0.3) is 22.6 Å². The Kier molecular flexibility index (Phi) is 12.5. The summed E-state index contributed by atoms with van der Waals surface area (Å²) in [5.41, 5.74) is 8.18. The Morgan fingerprint density at radius 1 is 0.604 bits per heavy atom. The van der Waals surface area contributed by atoms with Crippen LogP contribution < -0.4 is 10.6 Å². The molecule has 0 aliphatic heterocycles. The fourth-order valence-electron chi connectivity index (χ4n) is 4.50. The summed E-state index contributed by atoms with van der Waals surface area (Å²) in [5.74, 6) is 1.37. The number of aromatic nitrogens is 4. The lowest BCUT2D eigenvalue weighted by Crippen LogP contribution is -1.97. The second kappa shape index (κ2) is 17.2. The second-order valence-electron chi connectivity index (χ2n) is 10.6. The highest BCUT2D eigenvalue weighted by molar-refractivity contribution is 9.10. The maximum Gasteiger partial charge on any atom is 0.299 e. The van der Waals surface area contributed by atoms with E-state index in [2.05, 4.69) is 98.8 Å². The number of benzene rings is 2. The fourth-order valence-corrected chi connectivity index (χ4v) is 5.23. The number of nitrogens with one attached hydrogen (secondary N) is 2. The van der Waals surface area contributed by atoms with E-state index in [0.29, 0.717) is 50.0 Å². The monoisotopic (exact) mass is 774 g/mol. The first-order valence-corrected chi connectivity index (χ1v) is 16.9. The molecule has 0 aliphatic carbocycles. The summed E-state index contributed by atoms with van der Waals surface area (Å²) in [5, 5.41) is 6.47. The highest BCUT2D eigenvalue weighted by Crippen LogP contribution is 2.29. The molecule has 0 unspecified atom stereocenters. The zero-order valence-corrected chi connectivity index (χ0v) is 30.3. The number of ether oxygens (including phenoxy) is 2. The van der Waals surface area contributed by atoms with Crippen molar-refractivity contribution in [2.75, 3.05) is 23.8 Å². The van der Waals surface area contributed by atoms with Crippen LogP contribution in [-0.4, -0.2) is 33.1 Å². The second-order valence-corrected chi connectivity index (χ2v) is 12.2. The minimum absolute atomic E-state index is 0.453. The Labute approximate surface area is 296 Å². The van der Waals surface area contributed by atoms with Crippen molar-refractivity contribution in [2.24, 2.45) is 0 Å². The van der Waals surface area contributed by atoms with Crippen molar-refractivity contribution in [3.63, 3.8) is 0 Å². The Morgan fingerprint density at radius 3 is 1.44 bits per heavy atom. The third-order valence-corrected chi connectivity index (χ3v) is 7.93. The summed E-state index contributed by atoms with van der Waals surface area (Å²) in [6, 6.07) is 20.8. The van der Waals surface area contributed by atoms with E-state index in [1.807, 2.05) is 52.0 Å². The molecule has 12 heteroatoms. The molecule has 6 rings (SSSR count). The predicted molar refractivity (Wildman–Crippen MR) is 194 cm³/mol. The summed E-state index contributed by atoms with van der Waals surface area (Å²) in [6.07, 6.45) is 6.83. The molecule has 6 aromatic rings. The molecule has 0 saturated heterocycles. The topological polar surface area (TPSA) is 120 Å². The first-order valence-electron chi connectivity index (χ1n) is 15.3. The highest BCUT2D eigenvalue weighted by Gasteiger charge is 2.11. The first-order chi connectivity index (χ1) is 23.3. The van der Waals surface area contributed by atoms with Crippen LogP contribution in [0, 0.1) is 13.8 Å². The molecule has 0 amide bonds. The molecule has 0 saturated carbocycles. The zero-order valence-electron chi connectivity index (χ0n) is 27.1. The standard InChI is InChI=1S/2C18H18BrN3O2/c2*1-3-23-11-13-5-4-12(2)15(8-13)22-18-21-10-16(24-18)14-6-7-20-17(19)9-14/h2*4-10H,3,11H2,1-2H3,(H,21,22). The van der Waals surface area contributed by atoms with Crippen molar-refractivity contribution < 1.29 is 18.3 Å². The molecule has 248 valence electrons. The van der Waals surface area contributed by atoms with Crippen LogP contribution in [-0.2, 0) is 22.7 Å². The predicted octanol–water partition coefficient (Wildman–Crippen LogP) is 10.2. The van der Waals surface area contributed by atoms with Crippen molar-refractivity contribution in [1.82, 2.24) is 19.9 Å². The first kappa shape index (κ1) is 35.0. The van der Waals surface area contributed by atoms with Crippen LogP contribution in [0.4, 0.5) is 23.4 Å². The van der Waals surface area contributed by atoms with Crippen LogP contribution in [0.1, 0.15) is 36.1 Å². The van der Waals surface area contributed by atoms with Crippen LogP contribution in [0.15, 0.2) is 103 Å². The van der Waals surface area contributed by atoms with Gasteiger partial charge in [-0.3, -0.25) is 0 Å². The number of aryl methyl sites for hydroxylation is 2. The maximum absolute atomic E-state index is 5.80. The van der Waals surface area contributed by atoms with Gasteiger partial charge in [0.15, 0.2) is 11.5 Å². The van der Waals surface area contributed by atoms with Gasteiger partial charge in [-0.2, -0.15) is 0 Å². The van der Waals surface area contributed by atoms with E-state index in [0.717, 1.165) is 54.0 Å². The Bertz CT molecular complexity index is 1800. The summed E-state index contributed by atoms with van der Waals surface area (Å²) < 4.78 is 24.0. The average molecular weight is 777 g/mol. The molecule has 0 bridgehead atoms. The molecule has 2 aromatic carbocycles. The van der Waals surface area contributed by atoms with Crippen molar-refractivity contribution >= 4 is 55.3 Å². The van der Waals surface area contributed by atoms with Crippen molar-refractivity contribution in [1.29, 1.82) is 0 Å². The largest absolute Gasteiger partial charge is 0.423 e. The number of oxazole rings is 2. The quantitative estimate of drug-likeness (QED) is 0.116. The third-order valence-electron chi connectivity index (χ3n) is 7.07. The van der Waals surface area contributed by atoms with Crippen molar-refractivity contribution in [3.05, 3.63) is 117 Å². The van der Waals surface area contributed by atoms with E-state index < -0.39 is 0 Å². The van der Waals surface area contributed by atoms with E-state index in [-0.39, 0.29) is 0 Å². The Hall–Kier alpha value is -4.36. The van der Waals surface area contributed by atoms with Crippen molar-refractivity contribution in [3.8, 4) is 22.6 Å². The number of nitrogens with zero attached hydrogens (tertiary/aromatic N) is 4. The Morgan fingerprint density at radius 2 is 1.04 bits per heavy atom. The number of halogens is 2. The van der Waals surface area contributed by atoms with Gasteiger partial charge in [-0.05, 0) is 118 Å². The van der Waals surface area contributed by atoms with E-state index in [1.165, 1.54) is 0 Å². The molecular formula is C36H36Br2N6O4. The van der Waals surface area contributed by atoms with Gasteiger partial charge in [-0.1, -0.05) is 24.3 Å². The van der Waals surface area contributed by atoms with Gasteiger partial charge in [0.05, 0.1) is 25.6 Å². The molecule has 0 aliphatic rings. The summed E-state index contributed by atoms with van der Waals surface area (Å²) >= 11 is 6.71. The van der Waals surface area contributed by atoms with Gasteiger partial charge >= 0.3 is 0 Å².